The van der Waals surface area contributed by atoms with Crippen LogP contribution < -0.4 is 14.4 Å². The molecular formula is C23H29FN2O3. The highest BCUT2D eigenvalue weighted by molar-refractivity contribution is 5.55. The lowest BCUT2D eigenvalue weighted by molar-refractivity contribution is 0.0653. The molecule has 2 aromatic rings. The van der Waals surface area contributed by atoms with Gasteiger partial charge in [-0.05, 0) is 36.8 Å². The third-order valence-corrected chi connectivity index (χ3v) is 5.01. The Balaban J connectivity index is 1.47. The largest absolute Gasteiger partial charge is 0.493 e. The maximum atomic E-state index is 13.9. The van der Waals surface area contributed by atoms with Crippen LogP contribution in [0.3, 0.4) is 0 Å². The number of piperazine rings is 1. The van der Waals surface area contributed by atoms with E-state index in [1.807, 2.05) is 54.3 Å². The van der Waals surface area contributed by atoms with Crippen molar-refractivity contribution in [3.05, 3.63) is 59.9 Å². The summed E-state index contributed by atoms with van der Waals surface area (Å²) in [5.41, 5.74) is 1.68. The van der Waals surface area contributed by atoms with Crippen molar-refractivity contribution in [2.45, 2.75) is 13.0 Å². The molecule has 1 atom stereocenters. The second-order valence-corrected chi connectivity index (χ2v) is 7.11. The number of halogens is 1. The Labute approximate surface area is 172 Å². The van der Waals surface area contributed by atoms with Crippen molar-refractivity contribution in [2.75, 3.05) is 51.3 Å². The number of nitrogens with zero attached hydrogens (tertiary/aromatic N) is 2. The van der Waals surface area contributed by atoms with E-state index in [-0.39, 0.29) is 12.4 Å². The predicted octanol–water partition coefficient (Wildman–Crippen LogP) is 3.43. The van der Waals surface area contributed by atoms with Crippen LogP contribution in [0.15, 0.2) is 48.5 Å². The second-order valence-electron chi connectivity index (χ2n) is 7.11. The maximum Gasteiger partial charge on any atom is 0.161 e. The second kappa shape index (κ2) is 10.3. The van der Waals surface area contributed by atoms with Crippen LogP contribution in [0.5, 0.6) is 11.5 Å². The lowest BCUT2D eigenvalue weighted by atomic mass is 10.2. The van der Waals surface area contributed by atoms with Crippen molar-refractivity contribution >= 4 is 11.8 Å². The molecule has 1 heterocycles. The predicted molar refractivity (Wildman–Crippen MR) is 114 cm³/mol. The van der Waals surface area contributed by atoms with Crippen LogP contribution in [0.2, 0.25) is 0 Å². The van der Waals surface area contributed by atoms with Crippen LogP contribution >= 0.6 is 0 Å². The third kappa shape index (κ3) is 5.71. The fraction of sp³-hybridized carbons (Fsp3) is 0.391. The molecule has 5 nitrogen and oxygen atoms in total. The average molecular weight is 400 g/mol. The zero-order valence-electron chi connectivity index (χ0n) is 17.1. The minimum atomic E-state index is -0.616. The van der Waals surface area contributed by atoms with Gasteiger partial charge in [0.05, 0.1) is 12.8 Å². The average Bonchev–Trinajstić information content (AvgIpc) is 2.74. The molecule has 0 aliphatic carbocycles. The number of aliphatic hydroxyl groups is 1. The van der Waals surface area contributed by atoms with Crippen LogP contribution in [0.25, 0.3) is 6.08 Å². The molecule has 1 saturated heterocycles. The van der Waals surface area contributed by atoms with Gasteiger partial charge in [-0.25, -0.2) is 4.39 Å². The summed E-state index contributed by atoms with van der Waals surface area (Å²) in [5.74, 6) is 1.07. The molecule has 0 spiro atoms. The van der Waals surface area contributed by atoms with Crippen molar-refractivity contribution in [1.29, 1.82) is 0 Å². The molecule has 0 bridgehead atoms. The van der Waals surface area contributed by atoms with E-state index in [1.54, 1.807) is 13.2 Å². The molecule has 3 rings (SSSR count). The SMILES string of the molecule is C/C=C/c1ccc(OC[C@@H](O)CN2CCN(c3ccccc3F)CC2)c(OC)c1. The molecule has 0 saturated carbocycles. The molecule has 156 valence electrons. The number of para-hydroxylation sites is 1. The number of methoxy groups -OCH3 is 1. The van der Waals surface area contributed by atoms with Crippen molar-refractivity contribution in [3.8, 4) is 11.5 Å². The monoisotopic (exact) mass is 400 g/mol. The molecule has 1 N–H and O–H groups in total. The summed E-state index contributed by atoms with van der Waals surface area (Å²) in [6.45, 7) is 5.67. The fourth-order valence-electron chi connectivity index (χ4n) is 3.52. The summed E-state index contributed by atoms with van der Waals surface area (Å²) in [6, 6.07) is 12.6. The van der Waals surface area contributed by atoms with Crippen molar-refractivity contribution in [1.82, 2.24) is 4.90 Å². The first kappa shape index (κ1) is 21.1. The number of benzene rings is 2. The van der Waals surface area contributed by atoms with Gasteiger partial charge in [0.25, 0.3) is 0 Å². The van der Waals surface area contributed by atoms with Gasteiger partial charge in [0.1, 0.15) is 18.5 Å². The molecule has 1 fully saturated rings. The Morgan fingerprint density at radius 2 is 1.86 bits per heavy atom. The van der Waals surface area contributed by atoms with Gasteiger partial charge in [-0.2, -0.15) is 0 Å². The summed E-state index contributed by atoms with van der Waals surface area (Å²) >= 11 is 0. The molecule has 6 heteroatoms. The molecule has 0 unspecified atom stereocenters. The number of hydrogen-bond acceptors (Lipinski definition) is 5. The van der Waals surface area contributed by atoms with Gasteiger partial charge >= 0.3 is 0 Å². The van der Waals surface area contributed by atoms with E-state index in [0.717, 1.165) is 31.7 Å². The fourth-order valence-corrected chi connectivity index (χ4v) is 3.52. The Bertz CT molecular complexity index is 820. The first-order valence-corrected chi connectivity index (χ1v) is 9.94. The van der Waals surface area contributed by atoms with Gasteiger partial charge in [-0.1, -0.05) is 30.4 Å². The Morgan fingerprint density at radius 1 is 1.10 bits per heavy atom. The van der Waals surface area contributed by atoms with E-state index in [2.05, 4.69) is 4.90 Å². The minimum Gasteiger partial charge on any atom is -0.493 e. The van der Waals surface area contributed by atoms with E-state index in [4.69, 9.17) is 9.47 Å². The summed E-state index contributed by atoms with van der Waals surface area (Å²) in [5, 5.41) is 10.4. The van der Waals surface area contributed by atoms with Gasteiger partial charge in [-0.3, -0.25) is 4.90 Å². The van der Waals surface area contributed by atoms with Gasteiger partial charge in [-0.15, -0.1) is 0 Å². The van der Waals surface area contributed by atoms with Gasteiger partial charge < -0.3 is 19.5 Å². The van der Waals surface area contributed by atoms with Crippen LogP contribution in [0, 0.1) is 5.82 Å². The maximum absolute atomic E-state index is 13.9. The first-order chi connectivity index (χ1) is 14.1. The number of β-amino-alcohol motifs (C(OH)–C–C–N with tert-alkyl or cyclic N) is 1. The van der Waals surface area contributed by atoms with Crippen LogP contribution in [0.4, 0.5) is 10.1 Å². The Morgan fingerprint density at radius 3 is 2.55 bits per heavy atom. The zero-order chi connectivity index (χ0) is 20.6. The van der Waals surface area contributed by atoms with Gasteiger partial charge in [0, 0.05) is 32.7 Å². The summed E-state index contributed by atoms with van der Waals surface area (Å²) in [6.07, 6.45) is 3.34. The number of allylic oxidation sites excluding steroid dienone is 1. The Hall–Kier alpha value is -2.57. The highest BCUT2D eigenvalue weighted by atomic mass is 19.1. The Kier molecular flexibility index (Phi) is 7.49. The molecule has 29 heavy (non-hydrogen) atoms. The highest BCUT2D eigenvalue weighted by Crippen LogP contribution is 2.28. The summed E-state index contributed by atoms with van der Waals surface area (Å²) in [7, 11) is 1.60. The molecule has 0 radical (unpaired) electrons. The van der Waals surface area contributed by atoms with Gasteiger partial charge in [0.15, 0.2) is 11.5 Å². The number of ether oxygens (including phenoxy) is 2. The lowest BCUT2D eigenvalue weighted by Gasteiger charge is -2.36. The van der Waals surface area contributed by atoms with Crippen LogP contribution in [0.1, 0.15) is 12.5 Å². The van der Waals surface area contributed by atoms with E-state index in [1.165, 1.54) is 6.07 Å². The van der Waals surface area contributed by atoms with Crippen LogP contribution in [-0.2, 0) is 0 Å². The summed E-state index contributed by atoms with van der Waals surface area (Å²) < 4.78 is 25.1. The third-order valence-electron chi connectivity index (χ3n) is 5.01. The molecule has 2 aromatic carbocycles. The van der Waals surface area contributed by atoms with Crippen LogP contribution in [-0.4, -0.2) is 62.6 Å². The van der Waals surface area contributed by atoms with E-state index >= 15 is 0 Å². The minimum absolute atomic E-state index is 0.187. The van der Waals surface area contributed by atoms with E-state index in [0.29, 0.717) is 23.7 Å². The highest BCUT2D eigenvalue weighted by Gasteiger charge is 2.21. The topological polar surface area (TPSA) is 45.2 Å². The molecule has 0 aromatic heterocycles. The van der Waals surface area contributed by atoms with E-state index < -0.39 is 6.10 Å². The number of aliphatic hydroxyl groups excluding tert-OH is 1. The van der Waals surface area contributed by atoms with Gasteiger partial charge in [0.2, 0.25) is 0 Å². The normalized spacial score (nSPS) is 16.2. The standard InChI is InChI=1S/C23H29FN2O3/c1-3-6-18-9-10-22(23(15-18)28-2)29-17-19(27)16-25-11-13-26(14-12-25)21-8-5-4-7-20(21)24/h3-10,15,19,27H,11-14,16-17H2,1-2H3/b6-3+/t19-/m0/s1. The molecule has 1 aliphatic rings. The van der Waals surface area contributed by atoms with E-state index in [9.17, 15) is 9.50 Å². The molecule has 0 amide bonds. The zero-order valence-corrected chi connectivity index (χ0v) is 17.1. The summed E-state index contributed by atoms with van der Waals surface area (Å²) in [4.78, 5) is 4.23. The number of hydrogen-bond donors (Lipinski definition) is 1. The van der Waals surface area contributed by atoms with Crippen molar-refractivity contribution in [2.24, 2.45) is 0 Å². The lowest BCUT2D eigenvalue weighted by Crippen LogP contribution is -2.49. The molecule has 1 aliphatic heterocycles. The van der Waals surface area contributed by atoms with Crippen molar-refractivity contribution in [3.63, 3.8) is 0 Å². The van der Waals surface area contributed by atoms with Crippen molar-refractivity contribution < 1.29 is 19.0 Å². The quantitative estimate of drug-likeness (QED) is 0.736. The number of rotatable bonds is 8. The molecular weight excluding hydrogens is 371 g/mol. The number of anilines is 1. The smallest absolute Gasteiger partial charge is 0.161 e. The first-order valence-electron chi connectivity index (χ1n) is 9.94.